The average Bonchev–Trinajstić information content (AvgIpc) is 3.04. The lowest BCUT2D eigenvalue weighted by molar-refractivity contribution is -0.178. The van der Waals surface area contributed by atoms with Crippen molar-refractivity contribution in [3.63, 3.8) is 0 Å². The van der Waals surface area contributed by atoms with Gasteiger partial charge in [0.1, 0.15) is 16.7 Å². The van der Waals surface area contributed by atoms with Crippen LogP contribution >= 0.6 is 0 Å². The molecular weight excluding hydrogens is 640 g/mol. The van der Waals surface area contributed by atoms with Gasteiger partial charge in [0.15, 0.2) is 28.8 Å². The van der Waals surface area contributed by atoms with Gasteiger partial charge in [0.2, 0.25) is 0 Å². The van der Waals surface area contributed by atoms with Crippen molar-refractivity contribution in [1.29, 1.82) is 0 Å². The van der Waals surface area contributed by atoms with Crippen molar-refractivity contribution in [1.82, 2.24) is 0 Å². The first-order chi connectivity index (χ1) is 23.7. The molecule has 2 fully saturated rings. The van der Waals surface area contributed by atoms with Crippen molar-refractivity contribution in [2.75, 3.05) is 7.11 Å². The van der Waals surface area contributed by atoms with Crippen molar-refractivity contribution in [2.24, 2.45) is 22.2 Å². The topological polar surface area (TPSA) is 121 Å². The Balaban J connectivity index is 2.41. The molecule has 2 aliphatic rings. The second kappa shape index (κ2) is 16.1. The van der Waals surface area contributed by atoms with Gasteiger partial charge in [0, 0.05) is 12.7 Å². The molecule has 4 atom stereocenters. The number of hydrogen-bond donors (Lipinski definition) is 3. The van der Waals surface area contributed by atoms with E-state index in [1.165, 1.54) is 12.1 Å². The maximum absolute atomic E-state index is 15.4. The van der Waals surface area contributed by atoms with Crippen LogP contribution in [0.25, 0.3) is 5.76 Å². The number of allylic oxidation sites excluding steroid dienone is 10. The van der Waals surface area contributed by atoms with E-state index in [4.69, 9.17) is 4.74 Å². The number of ketones is 3. The Morgan fingerprint density at radius 1 is 0.882 bits per heavy atom. The van der Waals surface area contributed by atoms with Crippen LogP contribution in [0.2, 0.25) is 0 Å². The van der Waals surface area contributed by atoms with E-state index in [2.05, 4.69) is 25.2 Å². The molecule has 0 amide bonds. The molecule has 0 aliphatic heterocycles. The van der Waals surface area contributed by atoms with Crippen LogP contribution in [0.3, 0.4) is 0 Å². The number of ether oxygens (including phenoxy) is 1. The number of phenolic OH excluding ortho intramolecular Hbond substituents is 2. The number of methoxy groups -OCH3 is 1. The Morgan fingerprint density at radius 2 is 1.49 bits per heavy atom. The normalized spacial score (nSPS) is 26.3. The third-order valence-corrected chi connectivity index (χ3v) is 11.2. The summed E-state index contributed by atoms with van der Waals surface area (Å²) < 4.78 is 5.53. The lowest BCUT2D eigenvalue weighted by atomic mass is 9.37. The van der Waals surface area contributed by atoms with E-state index in [-0.39, 0.29) is 36.5 Å². The highest BCUT2D eigenvalue weighted by Gasteiger charge is 2.74. The van der Waals surface area contributed by atoms with Crippen LogP contribution < -0.4 is 0 Å². The number of carbonyl (C=O) groups is 3. The van der Waals surface area contributed by atoms with Crippen molar-refractivity contribution in [2.45, 2.75) is 120 Å². The fraction of sp³-hybridized carbons (Fsp3) is 0.523. The van der Waals surface area contributed by atoms with Crippen LogP contribution in [0.1, 0.15) is 120 Å². The predicted molar refractivity (Wildman–Crippen MR) is 205 cm³/mol. The van der Waals surface area contributed by atoms with Gasteiger partial charge in [-0.05, 0) is 137 Å². The number of hydrogen-bond acceptors (Lipinski definition) is 7. The highest BCUT2D eigenvalue weighted by atomic mass is 16.5. The molecule has 7 nitrogen and oxygen atoms in total. The van der Waals surface area contributed by atoms with Crippen LogP contribution in [0.5, 0.6) is 11.5 Å². The van der Waals surface area contributed by atoms with Crippen LogP contribution in [-0.2, 0) is 19.1 Å². The molecule has 0 heterocycles. The Morgan fingerprint density at radius 3 is 2.06 bits per heavy atom. The summed E-state index contributed by atoms with van der Waals surface area (Å²) >= 11 is 0. The molecule has 0 spiro atoms. The molecule has 1 aromatic rings. The third kappa shape index (κ3) is 8.41. The molecule has 2 bridgehead atoms. The van der Waals surface area contributed by atoms with Crippen LogP contribution in [0.4, 0.5) is 0 Å². The maximum Gasteiger partial charge on any atom is 0.184 e. The summed E-state index contributed by atoms with van der Waals surface area (Å²) in [5.41, 5.74) is -0.805. The van der Waals surface area contributed by atoms with Gasteiger partial charge in [-0.3, -0.25) is 14.4 Å². The number of aliphatic hydroxyl groups excluding tert-OH is 1. The van der Waals surface area contributed by atoms with Gasteiger partial charge in [-0.2, -0.15) is 0 Å². The van der Waals surface area contributed by atoms with E-state index >= 15 is 9.59 Å². The molecule has 0 aromatic heterocycles. The number of rotatable bonds is 14. The molecule has 0 unspecified atom stereocenters. The van der Waals surface area contributed by atoms with E-state index in [0.717, 1.165) is 28.4 Å². The summed E-state index contributed by atoms with van der Waals surface area (Å²) in [6.07, 6.45) is 15.1. The SMILES string of the molecule is COC(C)(C)/C=C/C/C(C)=C/C[C@@H]1C[C@@]2(CC=C(C)C)C(=O)C(=C(O)c3ccc(O)c(O)c3)C(=O)[C@](CC=C(C)C)(C2=O)[C@@]1(C)CCC=C(C)C. The highest BCUT2D eigenvalue weighted by Crippen LogP contribution is 2.67. The number of carbonyl (C=O) groups excluding carboxylic acids is 3. The van der Waals surface area contributed by atoms with Gasteiger partial charge in [-0.25, -0.2) is 0 Å². The Bertz CT molecular complexity index is 1700. The molecule has 0 saturated heterocycles. The molecule has 7 heteroatoms. The first-order valence-corrected chi connectivity index (χ1v) is 18.1. The van der Waals surface area contributed by atoms with Crippen molar-refractivity contribution in [3.05, 3.63) is 88.1 Å². The monoisotopic (exact) mass is 700 g/mol. The maximum atomic E-state index is 15.4. The predicted octanol–water partition coefficient (Wildman–Crippen LogP) is 10.3. The smallest absolute Gasteiger partial charge is 0.184 e. The van der Waals surface area contributed by atoms with Gasteiger partial charge >= 0.3 is 0 Å². The molecule has 51 heavy (non-hydrogen) atoms. The standard InChI is InChI=1S/C44H60O7/c1-28(2)14-12-23-42(10)33(18-16-31(7)15-13-22-41(8,9)51-11)27-43(24-20-29(3)4)38(48)36(37(47)32-17-19-34(45)35(46)26-32)39(49)44(42,40(43)50)25-21-30(5)6/h13-14,16-17,19-22,26,33,45-47H,12,15,18,23-25,27H2,1-11H3/b22-13+,31-16+,37-36?/t33-,42+,43+,44-/m1/s1. The molecule has 3 N–H and O–H groups in total. The number of aromatic hydroxyl groups is 2. The third-order valence-electron chi connectivity index (χ3n) is 11.2. The molecule has 3 rings (SSSR count). The van der Waals surface area contributed by atoms with Crippen molar-refractivity contribution in [3.8, 4) is 11.5 Å². The van der Waals surface area contributed by atoms with Gasteiger partial charge in [-0.1, -0.05) is 65.7 Å². The summed E-state index contributed by atoms with van der Waals surface area (Å²) in [6, 6.07) is 3.67. The fourth-order valence-corrected chi connectivity index (χ4v) is 7.77. The van der Waals surface area contributed by atoms with Crippen LogP contribution in [0, 0.1) is 22.2 Å². The van der Waals surface area contributed by atoms with E-state index in [9.17, 15) is 20.1 Å². The summed E-state index contributed by atoms with van der Waals surface area (Å²) in [5.74, 6) is -3.45. The number of aliphatic hydroxyl groups is 1. The Hall–Kier alpha value is -3.97. The van der Waals surface area contributed by atoms with Crippen LogP contribution in [0.15, 0.2) is 82.5 Å². The summed E-state index contributed by atoms with van der Waals surface area (Å²) in [7, 11) is 1.68. The largest absolute Gasteiger partial charge is 0.506 e. The summed E-state index contributed by atoms with van der Waals surface area (Å²) in [6.45, 7) is 19.8. The van der Waals surface area contributed by atoms with E-state index in [0.29, 0.717) is 25.7 Å². The minimum atomic E-state index is -1.65. The van der Waals surface area contributed by atoms with Crippen LogP contribution in [-0.4, -0.2) is 45.4 Å². The molecule has 2 saturated carbocycles. The average molecular weight is 701 g/mol. The summed E-state index contributed by atoms with van der Waals surface area (Å²) in [4.78, 5) is 45.7. The van der Waals surface area contributed by atoms with Crippen molar-refractivity contribution >= 4 is 23.1 Å². The molecule has 1 aromatic carbocycles. The lowest BCUT2D eigenvalue weighted by Gasteiger charge is -2.61. The molecular formula is C44H60O7. The molecule has 0 radical (unpaired) electrons. The van der Waals surface area contributed by atoms with Crippen molar-refractivity contribution < 1.29 is 34.4 Å². The number of phenols is 2. The first kappa shape index (κ1) is 41.5. The minimum Gasteiger partial charge on any atom is -0.506 e. The lowest BCUT2D eigenvalue weighted by Crippen LogP contribution is -2.70. The number of benzene rings is 1. The fourth-order valence-electron chi connectivity index (χ4n) is 7.77. The number of fused-ring (bicyclic) bond motifs is 2. The zero-order chi connectivity index (χ0) is 38.5. The zero-order valence-corrected chi connectivity index (χ0v) is 32.7. The Kier molecular flexibility index (Phi) is 13.1. The zero-order valence-electron chi connectivity index (χ0n) is 32.7. The van der Waals surface area contributed by atoms with Gasteiger partial charge in [0.25, 0.3) is 0 Å². The van der Waals surface area contributed by atoms with Gasteiger partial charge in [0.05, 0.1) is 11.0 Å². The quantitative estimate of drug-likeness (QED) is 0.0441. The highest BCUT2D eigenvalue weighted by molar-refractivity contribution is 6.41. The van der Waals surface area contributed by atoms with Gasteiger partial charge < -0.3 is 20.1 Å². The second-order valence-corrected chi connectivity index (χ2v) is 16.2. The van der Waals surface area contributed by atoms with E-state index < -0.39 is 56.2 Å². The Labute approximate surface area is 305 Å². The van der Waals surface area contributed by atoms with Gasteiger partial charge in [-0.15, -0.1) is 0 Å². The summed E-state index contributed by atoms with van der Waals surface area (Å²) in [5, 5.41) is 32.1. The molecule has 278 valence electrons. The van der Waals surface area contributed by atoms with E-state index in [1.54, 1.807) is 7.11 Å². The molecule has 2 aliphatic carbocycles. The second-order valence-electron chi connectivity index (χ2n) is 16.2. The first-order valence-electron chi connectivity index (χ1n) is 18.1. The minimum absolute atomic E-state index is 0.00945. The van der Waals surface area contributed by atoms with E-state index in [1.807, 2.05) is 80.5 Å². The number of Topliss-reactive ketones (excluding diaryl/α,β-unsaturated/α-hetero) is 3.